The minimum absolute atomic E-state index is 0.214. The average Bonchev–Trinajstić information content (AvgIpc) is 2.84. The molecule has 1 aromatic heterocycles. The third-order valence-electron chi connectivity index (χ3n) is 2.79. The Kier molecular flexibility index (Phi) is 6.99. The highest BCUT2D eigenvalue weighted by atomic mass is 32.2. The molecular formula is C13H24N2O2S2. The summed E-state index contributed by atoms with van der Waals surface area (Å²) < 4.78 is 26.0. The lowest BCUT2D eigenvalue weighted by Crippen LogP contribution is -2.33. The van der Waals surface area contributed by atoms with E-state index in [0.717, 1.165) is 11.4 Å². The summed E-state index contributed by atoms with van der Waals surface area (Å²) >= 11 is 1.60. The SMILES string of the molecule is CCN(Cc1cccs1)S(=O)(=O)CCCNC(C)C. The summed E-state index contributed by atoms with van der Waals surface area (Å²) in [7, 11) is -3.15. The molecule has 0 amide bonds. The smallest absolute Gasteiger partial charge is 0.214 e. The normalized spacial score (nSPS) is 12.5. The zero-order valence-corrected chi connectivity index (χ0v) is 13.6. The number of hydrogen-bond acceptors (Lipinski definition) is 4. The third-order valence-corrected chi connectivity index (χ3v) is 5.63. The molecule has 0 saturated carbocycles. The Bertz CT molecular complexity index is 441. The molecule has 110 valence electrons. The van der Waals surface area contributed by atoms with Crippen LogP contribution in [-0.2, 0) is 16.6 Å². The van der Waals surface area contributed by atoms with Crippen LogP contribution in [0.25, 0.3) is 0 Å². The summed E-state index contributed by atoms with van der Waals surface area (Å²) in [5, 5.41) is 5.21. The highest BCUT2D eigenvalue weighted by molar-refractivity contribution is 7.89. The van der Waals surface area contributed by atoms with Gasteiger partial charge < -0.3 is 5.32 Å². The van der Waals surface area contributed by atoms with Gasteiger partial charge in [-0.2, -0.15) is 4.31 Å². The van der Waals surface area contributed by atoms with E-state index in [-0.39, 0.29) is 5.75 Å². The second-order valence-electron chi connectivity index (χ2n) is 4.78. The summed E-state index contributed by atoms with van der Waals surface area (Å²) in [6.07, 6.45) is 0.654. The van der Waals surface area contributed by atoms with Crippen LogP contribution in [0.1, 0.15) is 32.1 Å². The topological polar surface area (TPSA) is 49.4 Å². The Morgan fingerprint density at radius 2 is 2.16 bits per heavy atom. The van der Waals surface area contributed by atoms with Crippen molar-refractivity contribution in [1.29, 1.82) is 0 Å². The predicted octanol–water partition coefficient (Wildman–Crippen LogP) is 2.29. The molecule has 19 heavy (non-hydrogen) atoms. The van der Waals surface area contributed by atoms with Crippen LogP contribution in [0.2, 0.25) is 0 Å². The van der Waals surface area contributed by atoms with E-state index in [9.17, 15) is 8.42 Å². The molecule has 0 unspecified atom stereocenters. The van der Waals surface area contributed by atoms with Crippen molar-refractivity contribution >= 4 is 21.4 Å². The number of rotatable bonds is 9. The van der Waals surface area contributed by atoms with Crippen molar-refractivity contribution < 1.29 is 8.42 Å². The molecule has 0 aliphatic heterocycles. The van der Waals surface area contributed by atoms with Gasteiger partial charge in [-0.25, -0.2) is 8.42 Å². The van der Waals surface area contributed by atoms with Gasteiger partial charge in [0.2, 0.25) is 10.0 Å². The van der Waals surface area contributed by atoms with Gasteiger partial charge in [-0.3, -0.25) is 0 Å². The molecular weight excluding hydrogens is 280 g/mol. The van der Waals surface area contributed by atoms with Gasteiger partial charge in [0.15, 0.2) is 0 Å². The number of nitrogens with zero attached hydrogens (tertiary/aromatic N) is 1. The van der Waals surface area contributed by atoms with Crippen molar-refractivity contribution in [1.82, 2.24) is 9.62 Å². The van der Waals surface area contributed by atoms with E-state index in [0.29, 0.717) is 25.6 Å². The van der Waals surface area contributed by atoms with Crippen molar-refractivity contribution in [2.24, 2.45) is 0 Å². The van der Waals surface area contributed by atoms with Crippen LogP contribution in [0, 0.1) is 0 Å². The molecule has 0 radical (unpaired) electrons. The number of hydrogen-bond donors (Lipinski definition) is 1. The lowest BCUT2D eigenvalue weighted by molar-refractivity contribution is 0.424. The lowest BCUT2D eigenvalue weighted by atomic mass is 10.4. The van der Waals surface area contributed by atoms with Crippen molar-refractivity contribution in [3.05, 3.63) is 22.4 Å². The number of thiophene rings is 1. The second-order valence-corrected chi connectivity index (χ2v) is 7.90. The van der Waals surface area contributed by atoms with E-state index in [2.05, 4.69) is 19.2 Å². The van der Waals surface area contributed by atoms with E-state index >= 15 is 0 Å². The molecule has 0 aliphatic rings. The van der Waals surface area contributed by atoms with Gasteiger partial charge in [-0.1, -0.05) is 26.8 Å². The fraction of sp³-hybridized carbons (Fsp3) is 0.692. The van der Waals surface area contributed by atoms with Crippen molar-refractivity contribution in [3.63, 3.8) is 0 Å². The van der Waals surface area contributed by atoms with Gasteiger partial charge in [-0.15, -0.1) is 11.3 Å². The first-order valence-corrected chi connectivity index (χ1v) is 9.18. The van der Waals surface area contributed by atoms with Crippen molar-refractivity contribution in [3.8, 4) is 0 Å². The summed E-state index contributed by atoms with van der Waals surface area (Å²) in [5.41, 5.74) is 0. The molecule has 0 atom stereocenters. The van der Waals surface area contributed by atoms with Crippen LogP contribution in [-0.4, -0.2) is 37.6 Å². The first-order valence-electron chi connectivity index (χ1n) is 6.69. The Hall–Kier alpha value is -0.430. The van der Waals surface area contributed by atoms with Gasteiger partial charge in [0.25, 0.3) is 0 Å². The third kappa shape index (κ3) is 6.03. The van der Waals surface area contributed by atoms with Gasteiger partial charge in [0, 0.05) is 24.0 Å². The molecule has 0 aliphatic carbocycles. The first-order chi connectivity index (χ1) is 8.95. The predicted molar refractivity (Wildman–Crippen MR) is 81.9 cm³/mol. The Morgan fingerprint density at radius 1 is 1.42 bits per heavy atom. The quantitative estimate of drug-likeness (QED) is 0.712. The van der Waals surface area contributed by atoms with Crippen molar-refractivity contribution in [2.75, 3.05) is 18.8 Å². The van der Waals surface area contributed by atoms with Crippen molar-refractivity contribution in [2.45, 2.75) is 39.8 Å². The first kappa shape index (κ1) is 16.6. The summed E-state index contributed by atoms with van der Waals surface area (Å²) in [6.45, 7) is 7.77. The highest BCUT2D eigenvalue weighted by Crippen LogP contribution is 2.15. The Labute approximate surface area is 120 Å². The molecule has 6 heteroatoms. The fourth-order valence-corrected chi connectivity index (χ4v) is 4.06. The standard InChI is InChI=1S/C13H24N2O2S2/c1-4-15(11-13-7-5-9-18-13)19(16,17)10-6-8-14-12(2)3/h5,7,9,12,14H,4,6,8,10-11H2,1-3H3. The maximum absolute atomic E-state index is 12.2. The average molecular weight is 304 g/mol. The molecule has 1 N–H and O–H groups in total. The zero-order valence-electron chi connectivity index (χ0n) is 11.9. The summed E-state index contributed by atoms with van der Waals surface area (Å²) in [6, 6.07) is 4.33. The fourth-order valence-electron chi connectivity index (χ4n) is 1.76. The second kappa shape index (κ2) is 7.99. The monoisotopic (exact) mass is 304 g/mol. The number of sulfonamides is 1. The van der Waals surface area contributed by atoms with E-state index in [1.807, 2.05) is 24.4 Å². The molecule has 1 heterocycles. The van der Waals surface area contributed by atoms with Gasteiger partial charge in [-0.05, 0) is 24.4 Å². The molecule has 0 saturated heterocycles. The zero-order chi connectivity index (χ0) is 14.3. The minimum atomic E-state index is -3.15. The van der Waals surface area contributed by atoms with Crippen LogP contribution in [0.15, 0.2) is 17.5 Å². The summed E-state index contributed by atoms with van der Waals surface area (Å²) in [4.78, 5) is 1.09. The van der Waals surface area contributed by atoms with E-state index < -0.39 is 10.0 Å². The molecule has 0 fully saturated rings. The van der Waals surface area contributed by atoms with E-state index in [1.54, 1.807) is 15.6 Å². The largest absolute Gasteiger partial charge is 0.314 e. The van der Waals surface area contributed by atoms with Gasteiger partial charge in [0.1, 0.15) is 0 Å². The van der Waals surface area contributed by atoms with Crippen LogP contribution < -0.4 is 5.32 Å². The van der Waals surface area contributed by atoms with Gasteiger partial charge >= 0.3 is 0 Å². The van der Waals surface area contributed by atoms with E-state index in [4.69, 9.17) is 0 Å². The molecule has 0 spiro atoms. The molecule has 0 aromatic carbocycles. The molecule has 4 nitrogen and oxygen atoms in total. The van der Waals surface area contributed by atoms with Crippen LogP contribution in [0.3, 0.4) is 0 Å². The van der Waals surface area contributed by atoms with Crippen LogP contribution in [0.4, 0.5) is 0 Å². The molecule has 1 aromatic rings. The van der Waals surface area contributed by atoms with E-state index in [1.165, 1.54) is 0 Å². The maximum atomic E-state index is 12.2. The highest BCUT2D eigenvalue weighted by Gasteiger charge is 2.20. The Balaban J connectivity index is 2.48. The van der Waals surface area contributed by atoms with Crippen LogP contribution in [0.5, 0.6) is 0 Å². The maximum Gasteiger partial charge on any atom is 0.214 e. The van der Waals surface area contributed by atoms with Crippen LogP contribution >= 0.6 is 11.3 Å². The minimum Gasteiger partial charge on any atom is -0.314 e. The number of nitrogens with one attached hydrogen (secondary N) is 1. The summed E-state index contributed by atoms with van der Waals surface area (Å²) in [5.74, 6) is 0.214. The molecule has 1 rings (SSSR count). The van der Waals surface area contributed by atoms with Gasteiger partial charge in [0.05, 0.1) is 5.75 Å². The molecule has 0 bridgehead atoms. The lowest BCUT2D eigenvalue weighted by Gasteiger charge is -2.20. The Morgan fingerprint density at radius 3 is 2.68 bits per heavy atom.